The number of fused-ring (bicyclic) bond motifs is 2. The molecular formula is C24H29N3O2. The molecule has 0 aliphatic rings. The van der Waals surface area contributed by atoms with Crippen LogP contribution in [0.5, 0.6) is 0 Å². The molecule has 0 N–H and O–H groups in total. The van der Waals surface area contributed by atoms with Gasteiger partial charge in [-0.1, -0.05) is 52.4 Å². The zero-order valence-corrected chi connectivity index (χ0v) is 17.5. The molecule has 3 rings (SSSR count). The van der Waals surface area contributed by atoms with Crippen LogP contribution in [0.4, 0.5) is 5.88 Å². The molecule has 0 amide bonds. The van der Waals surface area contributed by atoms with E-state index in [1.807, 2.05) is 12.1 Å². The Bertz CT molecular complexity index is 1020. The van der Waals surface area contributed by atoms with Gasteiger partial charge in [-0.05, 0) is 25.0 Å². The standard InChI is InChI=1S/C24H29N3O2/c1-3-5-7-9-11-27(12-10-8-6-4-2)24-21(16-26)20-14-22-19(13-23(20)29-24)18(15-25)17-28-22/h13-14,17H,3-12H2,1-2H3. The normalized spacial score (nSPS) is 11.0. The molecule has 0 saturated carbocycles. The number of nitriles is 2. The Kier molecular flexibility index (Phi) is 7.19. The lowest BCUT2D eigenvalue weighted by atomic mass is 10.1. The van der Waals surface area contributed by atoms with Crippen LogP contribution >= 0.6 is 0 Å². The third kappa shape index (κ3) is 4.57. The van der Waals surface area contributed by atoms with E-state index in [1.54, 1.807) is 0 Å². The van der Waals surface area contributed by atoms with Crippen LogP contribution in [0.15, 0.2) is 27.2 Å². The van der Waals surface area contributed by atoms with Gasteiger partial charge in [0, 0.05) is 23.9 Å². The fourth-order valence-electron chi connectivity index (χ4n) is 3.80. The minimum absolute atomic E-state index is 0.481. The van der Waals surface area contributed by atoms with Crippen molar-refractivity contribution in [1.29, 1.82) is 10.5 Å². The largest absolute Gasteiger partial charge is 0.463 e. The molecule has 0 aliphatic carbocycles. The van der Waals surface area contributed by atoms with Gasteiger partial charge in [-0.25, -0.2) is 0 Å². The first kappa shape index (κ1) is 20.8. The molecular weight excluding hydrogens is 362 g/mol. The van der Waals surface area contributed by atoms with E-state index in [1.165, 1.54) is 44.8 Å². The van der Waals surface area contributed by atoms with E-state index in [-0.39, 0.29) is 0 Å². The van der Waals surface area contributed by atoms with Crippen molar-refractivity contribution in [2.75, 3.05) is 18.0 Å². The Balaban J connectivity index is 1.95. The van der Waals surface area contributed by atoms with E-state index in [0.29, 0.717) is 28.2 Å². The van der Waals surface area contributed by atoms with Crippen LogP contribution in [0.1, 0.15) is 76.3 Å². The van der Waals surface area contributed by atoms with E-state index in [4.69, 9.17) is 8.83 Å². The summed E-state index contributed by atoms with van der Waals surface area (Å²) in [6.45, 7) is 6.20. The summed E-state index contributed by atoms with van der Waals surface area (Å²) < 4.78 is 11.7. The molecule has 0 unspecified atom stereocenters. The molecule has 152 valence electrons. The quantitative estimate of drug-likeness (QED) is 0.333. The summed E-state index contributed by atoms with van der Waals surface area (Å²) in [5.41, 5.74) is 2.28. The van der Waals surface area contributed by atoms with Crippen molar-refractivity contribution in [1.82, 2.24) is 0 Å². The molecule has 3 aromatic rings. The highest BCUT2D eigenvalue weighted by Crippen LogP contribution is 2.36. The highest BCUT2D eigenvalue weighted by Gasteiger charge is 2.21. The summed E-state index contributed by atoms with van der Waals surface area (Å²) in [4.78, 5) is 2.23. The van der Waals surface area contributed by atoms with Crippen LogP contribution in [0.2, 0.25) is 0 Å². The molecule has 2 aromatic heterocycles. The molecule has 0 spiro atoms. The number of hydrogen-bond donors (Lipinski definition) is 0. The Labute approximate surface area is 172 Å². The lowest BCUT2D eigenvalue weighted by molar-refractivity contribution is 0.544. The van der Waals surface area contributed by atoms with Gasteiger partial charge in [0.15, 0.2) is 0 Å². The summed E-state index contributed by atoms with van der Waals surface area (Å²) >= 11 is 0. The Morgan fingerprint density at radius 3 is 2.07 bits per heavy atom. The molecule has 5 heteroatoms. The van der Waals surface area contributed by atoms with Gasteiger partial charge in [-0.2, -0.15) is 10.5 Å². The maximum atomic E-state index is 9.88. The van der Waals surface area contributed by atoms with E-state index in [0.717, 1.165) is 36.7 Å². The lowest BCUT2D eigenvalue weighted by Gasteiger charge is -2.22. The van der Waals surface area contributed by atoms with E-state index >= 15 is 0 Å². The topological polar surface area (TPSA) is 77.1 Å². The molecule has 0 atom stereocenters. The Morgan fingerprint density at radius 1 is 0.828 bits per heavy atom. The Hall–Kier alpha value is -2.92. The molecule has 29 heavy (non-hydrogen) atoms. The third-order valence-corrected chi connectivity index (χ3v) is 5.45. The second kappa shape index (κ2) is 10.0. The predicted octanol–water partition coefficient (Wildman–Crippen LogP) is 6.89. The molecule has 0 bridgehead atoms. The number of rotatable bonds is 11. The SMILES string of the molecule is CCCCCCN(CCCCCC)c1oc2cc3c(C#N)coc3cc2c1C#N. The van der Waals surface area contributed by atoms with E-state index in [9.17, 15) is 10.5 Å². The molecule has 0 radical (unpaired) electrons. The smallest absolute Gasteiger partial charge is 0.214 e. The summed E-state index contributed by atoms with van der Waals surface area (Å²) in [6, 6.07) is 8.13. The summed E-state index contributed by atoms with van der Waals surface area (Å²) in [5.74, 6) is 0.654. The molecule has 0 aliphatic heterocycles. The first-order valence-electron chi connectivity index (χ1n) is 10.8. The van der Waals surface area contributed by atoms with Gasteiger partial charge in [0.2, 0.25) is 5.88 Å². The van der Waals surface area contributed by atoms with Crippen LogP contribution in [0.25, 0.3) is 21.9 Å². The second-order valence-corrected chi connectivity index (χ2v) is 7.61. The summed E-state index contributed by atoms with van der Waals surface area (Å²) in [5, 5.41) is 20.6. The Morgan fingerprint density at radius 2 is 1.48 bits per heavy atom. The fourth-order valence-corrected chi connectivity index (χ4v) is 3.80. The van der Waals surface area contributed by atoms with Gasteiger partial charge >= 0.3 is 0 Å². The van der Waals surface area contributed by atoms with Gasteiger partial charge in [0.1, 0.15) is 35.1 Å². The van der Waals surface area contributed by atoms with Crippen LogP contribution in [-0.2, 0) is 0 Å². The average Bonchev–Trinajstić information content (AvgIpc) is 3.30. The summed E-state index contributed by atoms with van der Waals surface area (Å²) in [6.07, 6.45) is 10.8. The van der Waals surface area contributed by atoms with Crippen molar-refractivity contribution in [2.45, 2.75) is 65.2 Å². The van der Waals surface area contributed by atoms with Crippen LogP contribution in [0.3, 0.4) is 0 Å². The van der Waals surface area contributed by atoms with E-state index < -0.39 is 0 Å². The number of furan rings is 2. The molecule has 2 heterocycles. The van der Waals surface area contributed by atoms with E-state index in [2.05, 4.69) is 30.9 Å². The van der Waals surface area contributed by atoms with Gasteiger partial charge < -0.3 is 13.7 Å². The lowest BCUT2D eigenvalue weighted by Crippen LogP contribution is -2.26. The first-order valence-corrected chi connectivity index (χ1v) is 10.8. The van der Waals surface area contributed by atoms with Crippen LogP contribution in [0, 0.1) is 22.7 Å². The van der Waals surface area contributed by atoms with Crippen molar-refractivity contribution < 1.29 is 8.83 Å². The van der Waals surface area contributed by atoms with Crippen LogP contribution in [-0.4, -0.2) is 13.1 Å². The zero-order valence-electron chi connectivity index (χ0n) is 17.5. The van der Waals surface area contributed by atoms with Crippen molar-refractivity contribution in [3.63, 3.8) is 0 Å². The fraction of sp³-hybridized carbons (Fsp3) is 0.500. The average molecular weight is 392 g/mol. The molecule has 0 saturated heterocycles. The number of anilines is 1. The number of hydrogen-bond acceptors (Lipinski definition) is 5. The van der Waals surface area contributed by atoms with Gasteiger partial charge in [0.05, 0.1) is 5.56 Å². The number of benzene rings is 1. The maximum Gasteiger partial charge on any atom is 0.214 e. The third-order valence-electron chi connectivity index (χ3n) is 5.45. The molecule has 0 fully saturated rings. The van der Waals surface area contributed by atoms with Crippen LogP contribution < -0.4 is 4.90 Å². The van der Waals surface area contributed by atoms with Crippen molar-refractivity contribution in [2.24, 2.45) is 0 Å². The van der Waals surface area contributed by atoms with Crippen molar-refractivity contribution >= 4 is 27.8 Å². The minimum Gasteiger partial charge on any atom is -0.463 e. The monoisotopic (exact) mass is 391 g/mol. The highest BCUT2D eigenvalue weighted by atomic mass is 16.4. The maximum absolute atomic E-state index is 9.88. The van der Waals surface area contributed by atoms with Gasteiger partial charge in [-0.3, -0.25) is 0 Å². The highest BCUT2D eigenvalue weighted by molar-refractivity contribution is 6.00. The van der Waals surface area contributed by atoms with Crippen molar-refractivity contribution in [3.8, 4) is 12.1 Å². The second-order valence-electron chi connectivity index (χ2n) is 7.61. The van der Waals surface area contributed by atoms with Crippen molar-refractivity contribution in [3.05, 3.63) is 29.5 Å². The van der Waals surface area contributed by atoms with Gasteiger partial charge in [0.25, 0.3) is 0 Å². The molecule has 1 aromatic carbocycles. The number of unbranched alkanes of at least 4 members (excludes halogenated alkanes) is 6. The summed E-state index contributed by atoms with van der Waals surface area (Å²) in [7, 11) is 0. The van der Waals surface area contributed by atoms with Gasteiger partial charge in [-0.15, -0.1) is 0 Å². The predicted molar refractivity (Wildman–Crippen MR) is 116 cm³/mol. The zero-order chi connectivity index (χ0) is 20.6. The number of nitrogens with zero attached hydrogens (tertiary/aromatic N) is 3. The molecule has 5 nitrogen and oxygen atoms in total. The first-order chi connectivity index (χ1) is 14.2. The minimum atomic E-state index is 0.481.